The SMILES string of the molecule is COc1ccc(CC(=O)NC(C)c2nc3ccccc3n2CCCOc2ccc(C(C)C)cc2)cc1. The monoisotopic (exact) mass is 485 g/mol. The number of imidazole rings is 1. The summed E-state index contributed by atoms with van der Waals surface area (Å²) in [6.07, 6.45) is 1.13. The quantitative estimate of drug-likeness (QED) is 0.262. The van der Waals surface area contributed by atoms with Crippen molar-refractivity contribution in [3.63, 3.8) is 0 Å². The normalized spacial score (nSPS) is 12.0. The van der Waals surface area contributed by atoms with Gasteiger partial charge in [-0.15, -0.1) is 0 Å². The summed E-state index contributed by atoms with van der Waals surface area (Å²) in [4.78, 5) is 17.6. The molecule has 188 valence electrons. The molecule has 1 aromatic heterocycles. The van der Waals surface area contributed by atoms with E-state index in [-0.39, 0.29) is 11.9 Å². The number of ether oxygens (including phenoxy) is 2. The zero-order valence-electron chi connectivity index (χ0n) is 21.5. The zero-order valence-corrected chi connectivity index (χ0v) is 21.5. The van der Waals surface area contributed by atoms with Crippen LogP contribution in [0.3, 0.4) is 0 Å². The highest BCUT2D eigenvalue weighted by Crippen LogP contribution is 2.22. The third-order valence-corrected chi connectivity index (χ3v) is 6.31. The first-order valence-corrected chi connectivity index (χ1v) is 12.5. The van der Waals surface area contributed by atoms with Gasteiger partial charge in [-0.2, -0.15) is 0 Å². The molecule has 1 unspecified atom stereocenters. The molecule has 0 aliphatic rings. The van der Waals surface area contributed by atoms with Crippen molar-refractivity contribution in [2.75, 3.05) is 13.7 Å². The van der Waals surface area contributed by atoms with Crippen molar-refractivity contribution in [1.82, 2.24) is 14.9 Å². The molecule has 4 aromatic rings. The first-order valence-electron chi connectivity index (χ1n) is 12.5. The molecule has 0 spiro atoms. The number of benzene rings is 3. The van der Waals surface area contributed by atoms with Crippen LogP contribution in [-0.4, -0.2) is 29.2 Å². The van der Waals surface area contributed by atoms with Crippen molar-refractivity contribution < 1.29 is 14.3 Å². The highest BCUT2D eigenvalue weighted by Gasteiger charge is 2.18. The highest BCUT2D eigenvalue weighted by molar-refractivity contribution is 5.79. The number of amides is 1. The van der Waals surface area contributed by atoms with Crippen LogP contribution < -0.4 is 14.8 Å². The van der Waals surface area contributed by atoms with Gasteiger partial charge in [0.1, 0.15) is 17.3 Å². The number of carbonyl (C=O) groups is 1. The van der Waals surface area contributed by atoms with Gasteiger partial charge in [0.05, 0.1) is 37.2 Å². The minimum absolute atomic E-state index is 0.0422. The molecule has 0 saturated carbocycles. The summed E-state index contributed by atoms with van der Waals surface area (Å²) >= 11 is 0. The van der Waals surface area contributed by atoms with Crippen molar-refractivity contribution in [3.05, 3.63) is 89.7 Å². The maximum atomic E-state index is 12.8. The number of para-hydroxylation sites is 2. The first kappa shape index (κ1) is 25.3. The summed E-state index contributed by atoms with van der Waals surface area (Å²) < 4.78 is 13.4. The van der Waals surface area contributed by atoms with Crippen LogP contribution in [0.5, 0.6) is 11.5 Å². The smallest absolute Gasteiger partial charge is 0.224 e. The molecule has 4 rings (SSSR count). The Morgan fingerprint density at radius 2 is 1.64 bits per heavy atom. The molecular weight excluding hydrogens is 450 g/mol. The van der Waals surface area contributed by atoms with E-state index in [1.54, 1.807) is 7.11 Å². The molecule has 0 aliphatic carbocycles. The maximum Gasteiger partial charge on any atom is 0.224 e. The number of carbonyl (C=O) groups excluding carboxylic acids is 1. The van der Waals surface area contributed by atoms with Gasteiger partial charge < -0.3 is 19.4 Å². The lowest BCUT2D eigenvalue weighted by atomic mass is 10.0. The number of hydrogen-bond donors (Lipinski definition) is 1. The van der Waals surface area contributed by atoms with Gasteiger partial charge >= 0.3 is 0 Å². The van der Waals surface area contributed by atoms with E-state index in [0.29, 0.717) is 18.9 Å². The Morgan fingerprint density at radius 1 is 0.944 bits per heavy atom. The number of hydrogen-bond acceptors (Lipinski definition) is 4. The number of methoxy groups -OCH3 is 1. The lowest BCUT2D eigenvalue weighted by Gasteiger charge is -2.17. The van der Waals surface area contributed by atoms with Crippen molar-refractivity contribution >= 4 is 16.9 Å². The number of aryl methyl sites for hydroxylation is 1. The fourth-order valence-corrected chi connectivity index (χ4v) is 4.31. The van der Waals surface area contributed by atoms with Crippen LogP contribution >= 0.6 is 0 Å². The Morgan fingerprint density at radius 3 is 2.33 bits per heavy atom. The minimum atomic E-state index is -0.229. The Kier molecular flexibility index (Phi) is 8.26. The van der Waals surface area contributed by atoms with E-state index in [9.17, 15) is 4.79 Å². The molecule has 1 heterocycles. The maximum absolute atomic E-state index is 12.8. The minimum Gasteiger partial charge on any atom is -0.497 e. The van der Waals surface area contributed by atoms with Gasteiger partial charge in [-0.25, -0.2) is 4.98 Å². The average molecular weight is 486 g/mol. The molecule has 0 saturated heterocycles. The van der Waals surface area contributed by atoms with Crippen LogP contribution in [0.15, 0.2) is 72.8 Å². The van der Waals surface area contributed by atoms with Crippen LogP contribution in [0.1, 0.15) is 56.1 Å². The van der Waals surface area contributed by atoms with Crippen molar-refractivity contribution in [2.24, 2.45) is 0 Å². The Labute approximate surface area is 213 Å². The standard InChI is InChI=1S/C30H35N3O3/c1-21(2)24-12-16-26(17-13-24)36-19-7-18-33-28-9-6-5-8-27(28)32-30(33)22(3)31-29(34)20-23-10-14-25(35-4)15-11-23/h5-6,8-17,21-22H,7,18-20H2,1-4H3,(H,31,34). The summed E-state index contributed by atoms with van der Waals surface area (Å²) in [6, 6.07) is 23.7. The van der Waals surface area contributed by atoms with Crippen molar-refractivity contribution in [1.29, 1.82) is 0 Å². The van der Waals surface area contributed by atoms with Crippen LogP contribution in [0.25, 0.3) is 11.0 Å². The molecule has 1 N–H and O–H groups in total. The Bertz CT molecular complexity index is 1280. The van der Waals surface area contributed by atoms with Crippen LogP contribution in [0, 0.1) is 0 Å². The fourth-order valence-electron chi connectivity index (χ4n) is 4.31. The molecule has 1 atom stereocenters. The van der Waals surface area contributed by atoms with Crippen LogP contribution in [-0.2, 0) is 17.8 Å². The van der Waals surface area contributed by atoms with E-state index in [1.165, 1.54) is 5.56 Å². The summed E-state index contributed by atoms with van der Waals surface area (Å²) in [6.45, 7) is 7.71. The van der Waals surface area contributed by atoms with E-state index in [4.69, 9.17) is 14.5 Å². The van der Waals surface area contributed by atoms with E-state index in [0.717, 1.165) is 46.9 Å². The molecule has 1 amide bonds. The van der Waals surface area contributed by atoms with E-state index < -0.39 is 0 Å². The summed E-state index contributed by atoms with van der Waals surface area (Å²) in [7, 11) is 1.63. The summed E-state index contributed by atoms with van der Waals surface area (Å²) in [5.74, 6) is 2.97. The molecular formula is C30H35N3O3. The second kappa shape index (κ2) is 11.8. The van der Waals surface area contributed by atoms with Gasteiger partial charge in [-0.05, 0) is 66.8 Å². The topological polar surface area (TPSA) is 65.4 Å². The number of rotatable bonds is 11. The van der Waals surface area contributed by atoms with Gasteiger partial charge in [-0.1, -0.05) is 50.2 Å². The van der Waals surface area contributed by atoms with Gasteiger partial charge in [0.25, 0.3) is 0 Å². The molecule has 0 fully saturated rings. The molecule has 0 bridgehead atoms. The largest absolute Gasteiger partial charge is 0.497 e. The molecule has 36 heavy (non-hydrogen) atoms. The average Bonchev–Trinajstić information content (AvgIpc) is 3.26. The number of nitrogens with one attached hydrogen (secondary N) is 1. The fraction of sp³-hybridized carbons (Fsp3) is 0.333. The second-order valence-electron chi connectivity index (χ2n) is 9.35. The lowest BCUT2D eigenvalue weighted by Crippen LogP contribution is -2.30. The molecule has 3 aromatic carbocycles. The molecule has 0 radical (unpaired) electrons. The number of fused-ring (bicyclic) bond motifs is 1. The van der Waals surface area contributed by atoms with Gasteiger partial charge in [0.15, 0.2) is 0 Å². The molecule has 0 aliphatic heterocycles. The van der Waals surface area contributed by atoms with Crippen LogP contribution in [0.2, 0.25) is 0 Å². The van der Waals surface area contributed by atoms with E-state index in [1.807, 2.05) is 61.5 Å². The summed E-state index contributed by atoms with van der Waals surface area (Å²) in [5.41, 5.74) is 4.23. The van der Waals surface area contributed by atoms with E-state index >= 15 is 0 Å². The second-order valence-corrected chi connectivity index (χ2v) is 9.35. The van der Waals surface area contributed by atoms with Crippen LogP contribution in [0.4, 0.5) is 0 Å². The van der Waals surface area contributed by atoms with Crippen molar-refractivity contribution in [2.45, 2.75) is 52.1 Å². The number of nitrogens with zero attached hydrogens (tertiary/aromatic N) is 2. The zero-order chi connectivity index (χ0) is 25.5. The molecule has 6 heteroatoms. The van der Waals surface area contributed by atoms with Gasteiger partial charge in [0, 0.05) is 6.54 Å². The predicted octanol–water partition coefficient (Wildman–Crippen LogP) is 6.06. The predicted molar refractivity (Wildman–Crippen MR) is 144 cm³/mol. The lowest BCUT2D eigenvalue weighted by molar-refractivity contribution is -0.121. The van der Waals surface area contributed by atoms with Gasteiger partial charge in [-0.3, -0.25) is 4.79 Å². The van der Waals surface area contributed by atoms with E-state index in [2.05, 4.69) is 41.9 Å². The Hall–Kier alpha value is -3.80. The molecule has 6 nitrogen and oxygen atoms in total. The highest BCUT2D eigenvalue weighted by atomic mass is 16.5. The van der Waals surface area contributed by atoms with Gasteiger partial charge in [0.2, 0.25) is 5.91 Å². The first-order chi connectivity index (χ1) is 17.4. The van der Waals surface area contributed by atoms with Crippen molar-refractivity contribution in [3.8, 4) is 11.5 Å². The number of aromatic nitrogens is 2. The Balaban J connectivity index is 1.39. The third kappa shape index (κ3) is 6.25. The third-order valence-electron chi connectivity index (χ3n) is 6.31. The summed E-state index contributed by atoms with van der Waals surface area (Å²) in [5, 5.41) is 3.12.